The van der Waals surface area contributed by atoms with E-state index in [4.69, 9.17) is 16.6 Å². The van der Waals surface area contributed by atoms with Gasteiger partial charge in [0.25, 0.3) is 0 Å². The fraction of sp³-hybridized carbons (Fsp3) is 0.167. The molecule has 4 nitrogen and oxygen atoms in total. The number of carbonyl (C=O) groups is 2. The van der Waals surface area contributed by atoms with Crippen LogP contribution in [0.2, 0.25) is 0 Å². The molecule has 0 atom stereocenters. The smallest absolute Gasteiger partial charge is 0.326 e. The van der Waals surface area contributed by atoms with Gasteiger partial charge in [0.15, 0.2) is 5.41 Å². The predicted molar refractivity (Wildman–Crippen MR) is 56.8 cm³/mol. The van der Waals surface area contributed by atoms with Crippen molar-refractivity contribution >= 4 is 11.9 Å². The van der Waals surface area contributed by atoms with E-state index in [1.54, 1.807) is 18.2 Å². The molecule has 0 aliphatic rings. The van der Waals surface area contributed by atoms with Crippen molar-refractivity contribution in [1.82, 2.24) is 0 Å². The van der Waals surface area contributed by atoms with Crippen LogP contribution in [0.25, 0.3) is 0 Å². The van der Waals surface area contributed by atoms with Gasteiger partial charge in [0, 0.05) is 6.42 Å². The summed E-state index contributed by atoms with van der Waals surface area (Å²) < 4.78 is 0. The first-order chi connectivity index (χ1) is 7.55. The standard InChI is InChI=1S/C12H10O4/c1-2-8-12(10(13)14,11(15)16)9-6-4-3-5-7-9/h1,3-7H,8H2,(H,13,14)(H,15,16). The maximum Gasteiger partial charge on any atom is 0.326 e. The summed E-state index contributed by atoms with van der Waals surface area (Å²) in [5.41, 5.74) is -1.89. The van der Waals surface area contributed by atoms with E-state index in [1.165, 1.54) is 12.1 Å². The first-order valence-corrected chi connectivity index (χ1v) is 4.51. The lowest BCUT2D eigenvalue weighted by Crippen LogP contribution is -2.43. The maximum atomic E-state index is 11.2. The zero-order chi connectivity index (χ0) is 12.2. The Balaban J connectivity index is 3.40. The van der Waals surface area contributed by atoms with Crippen molar-refractivity contribution < 1.29 is 19.8 Å². The summed E-state index contributed by atoms with van der Waals surface area (Å²) in [7, 11) is 0. The lowest BCUT2D eigenvalue weighted by Gasteiger charge is -2.22. The van der Waals surface area contributed by atoms with Gasteiger partial charge in [-0.25, -0.2) is 0 Å². The van der Waals surface area contributed by atoms with Crippen molar-refractivity contribution in [2.24, 2.45) is 0 Å². The lowest BCUT2D eigenvalue weighted by atomic mass is 9.78. The number of terminal acetylenes is 1. The quantitative estimate of drug-likeness (QED) is 0.586. The average Bonchev–Trinajstić information content (AvgIpc) is 2.26. The first kappa shape index (κ1) is 11.8. The van der Waals surface area contributed by atoms with Crippen LogP contribution in [0.1, 0.15) is 12.0 Å². The molecule has 0 aliphatic heterocycles. The minimum atomic E-state index is -2.06. The Morgan fingerprint density at radius 2 is 1.69 bits per heavy atom. The molecule has 2 N–H and O–H groups in total. The number of aliphatic carboxylic acids is 2. The van der Waals surface area contributed by atoms with Crippen molar-refractivity contribution in [2.75, 3.05) is 0 Å². The fourth-order valence-corrected chi connectivity index (χ4v) is 1.47. The van der Waals surface area contributed by atoms with Gasteiger partial charge in [-0.1, -0.05) is 30.3 Å². The summed E-state index contributed by atoms with van der Waals surface area (Å²) in [5.74, 6) is -0.801. The predicted octanol–water partition coefficient (Wildman–Crippen LogP) is 1.12. The summed E-state index contributed by atoms with van der Waals surface area (Å²) in [6, 6.07) is 7.71. The molecule has 1 rings (SSSR count). The van der Waals surface area contributed by atoms with Crippen molar-refractivity contribution in [3.05, 3.63) is 35.9 Å². The zero-order valence-electron chi connectivity index (χ0n) is 8.38. The molecule has 0 aliphatic carbocycles. The Hall–Kier alpha value is -2.28. The highest BCUT2D eigenvalue weighted by Gasteiger charge is 2.47. The number of hydrogen-bond donors (Lipinski definition) is 2. The summed E-state index contributed by atoms with van der Waals surface area (Å²) >= 11 is 0. The van der Waals surface area contributed by atoms with Gasteiger partial charge in [-0.15, -0.1) is 12.3 Å². The van der Waals surface area contributed by atoms with Gasteiger partial charge in [-0.05, 0) is 5.56 Å². The Bertz CT molecular complexity index is 428. The van der Waals surface area contributed by atoms with Crippen LogP contribution in [0.15, 0.2) is 30.3 Å². The second kappa shape index (κ2) is 4.49. The van der Waals surface area contributed by atoms with Crippen molar-refractivity contribution in [3.8, 4) is 12.3 Å². The average molecular weight is 218 g/mol. The van der Waals surface area contributed by atoms with Gasteiger partial charge >= 0.3 is 11.9 Å². The molecule has 0 bridgehead atoms. The molecule has 1 aromatic carbocycles. The fourth-order valence-electron chi connectivity index (χ4n) is 1.47. The van der Waals surface area contributed by atoms with Crippen molar-refractivity contribution in [3.63, 3.8) is 0 Å². The van der Waals surface area contributed by atoms with Crippen LogP contribution in [-0.4, -0.2) is 22.2 Å². The SMILES string of the molecule is C#CCC(C(=O)O)(C(=O)O)c1ccccc1. The lowest BCUT2D eigenvalue weighted by molar-refractivity contribution is -0.157. The van der Waals surface area contributed by atoms with Crippen LogP contribution >= 0.6 is 0 Å². The number of hydrogen-bond acceptors (Lipinski definition) is 2. The monoisotopic (exact) mass is 218 g/mol. The summed E-state index contributed by atoms with van der Waals surface area (Å²) in [6.45, 7) is 0. The highest BCUT2D eigenvalue weighted by molar-refractivity contribution is 6.05. The molecule has 0 fully saturated rings. The second-order valence-electron chi connectivity index (χ2n) is 3.26. The molecule has 0 amide bonds. The molecule has 82 valence electrons. The highest BCUT2D eigenvalue weighted by Crippen LogP contribution is 2.28. The number of carboxylic acid groups (broad SMARTS) is 2. The minimum Gasteiger partial charge on any atom is -0.480 e. The molecule has 0 heterocycles. The Kier molecular flexibility index (Phi) is 3.31. The molecule has 16 heavy (non-hydrogen) atoms. The highest BCUT2D eigenvalue weighted by atomic mass is 16.4. The summed E-state index contributed by atoms with van der Waals surface area (Å²) in [6.07, 6.45) is 4.66. The van der Waals surface area contributed by atoms with E-state index in [0.717, 1.165) is 0 Å². The zero-order valence-corrected chi connectivity index (χ0v) is 8.38. The largest absolute Gasteiger partial charge is 0.480 e. The normalized spacial score (nSPS) is 10.4. The van der Waals surface area contributed by atoms with Crippen LogP contribution in [0.5, 0.6) is 0 Å². The number of rotatable bonds is 4. The summed E-state index contributed by atoms with van der Waals surface area (Å²) in [5, 5.41) is 18.2. The first-order valence-electron chi connectivity index (χ1n) is 4.51. The molecular weight excluding hydrogens is 208 g/mol. The second-order valence-corrected chi connectivity index (χ2v) is 3.26. The van der Waals surface area contributed by atoms with Gasteiger partial charge < -0.3 is 10.2 Å². The molecule has 0 saturated heterocycles. The van der Waals surface area contributed by atoms with Crippen LogP contribution in [0, 0.1) is 12.3 Å². The van der Waals surface area contributed by atoms with Crippen LogP contribution in [0.3, 0.4) is 0 Å². The molecule has 0 unspecified atom stereocenters. The van der Waals surface area contributed by atoms with Gasteiger partial charge in [0.1, 0.15) is 0 Å². The maximum absolute atomic E-state index is 11.2. The van der Waals surface area contributed by atoms with Crippen LogP contribution in [-0.2, 0) is 15.0 Å². The third-order valence-corrected chi connectivity index (χ3v) is 2.36. The van der Waals surface area contributed by atoms with E-state index in [0.29, 0.717) is 0 Å². The van der Waals surface area contributed by atoms with E-state index in [9.17, 15) is 9.59 Å². The van der Waals surface area contributed by atoms with Gasteiger partial charge in [0.05, 0.1) is 0 Å². The number of benzene rings is 1. The Morgan fingerprint density at radius 1 is 1.19 bits per heavy atom. The minimum absolute atomic E-state index is 0.174. The van der Waals surface area contributed by atoms with Crippen LogP contribution < -0.4 is 0 Å². The van der Waals surface area contributed by atoms with Crippen molar-refractivity contribution in [1.29, 1.82) is 0 Å². The Morgan fingerprint density at radius 3 is 2.06 bits per heavy atom. The molecule has 0 aromatic heterocycles. The van der Waals surface area contributed by atoms with Gasteiger partial charge in [0.2, 0.25) is 0 Å². The topological polar surface area (TPSA) is 74.6 Å². The Labute approximate surface area is 92.5 Å². The molecular formula is C12H10O4. The molecule has 4 heteroatoms. The molecule has 1 aromatic rings. The van der Waals surface area contributed by atoms with Gasteiger partial charge in [-0.3, -0.25) is 9.59 Å². The van der Waals surface area contributed by atoms with Gasteiger partial charge in [-0.2, -0.15) is 0 Å². The van der Waals surface area contributed by atoms with E-state index in [1.807, 2.05) is 0 Å². The van der Waals surface area contributed by atoms with E-state index >= 15 is 0 Å². The van der Waals surface area contributed by atoms with Crippen LogP contribution in [0.4, 0.5) is 0 Å². The third kappa shape index (κ3) is 1.75. The van der Waals surface area contributed by atoms with E-state index < -0.39 is 17.4 Å². The summed E-state index contributed by atoms with van der Waals surface area (Å²) in [4.78, 5) is 22.4. The molecule has 0 spiro atoms. The van der Waals surface area contributed by atoms with Crippen molar-refractivity contribution in [2.45, 2.75) is 11.8 Å². The molecule has 0 saturated carbocycles. The van der Waals surface area contributed by atoms with E-state index in [2.05, 4.69) is 5.92 Å². The number of carboxylic acids is 2. The third-order valence-electron chi connectivity index (χ3n) is 2.36. The molecule has 0 radical (unpaired) electrons. The van der Waals surface area contributed by atoms with E-state index in [-0.39, 0.29) is 12.0 Å².